The number of halogens is 5. The molecule has 8 nitrogen and oxygen atoms in total. The lowest BCUT2D eigenvalue weighted by molar-refractivity contribution is 0.306. The molecule has 0 spiro atoms. The zero-order valence-corrected chi connectivity index (χ0v) is 24.4. The van der Waals surface area contributed by atoms with E-state index < -0.39 is 0 Å². The Morgan fingerprint density at radius 3 is 2.15 bits per heavy atom. The van der Waals surface area contributed by atoms with E-state index in [1.165, 1.54) is 24.8 Å². The van der Waals surface area contributed by atoms with Crippen molar-refractivity contribution in [3.8, 4) is 5.75 Å². The zero-order valence-electron chi connectivity index (χ0n) is 17.1. The summed E-state index contributed by atoms with van der Waals surface area (Å²) in [6.07, 6.45) is 2.93. The van der Waals surface area contributed by atoms with Crippen molar-refractivity contribution >= 4 is 102 Å². The molecule has 34 heavy (non-hydrogen) atoms. The summed E-state index contributed by atoms with van der Waals surface area (Å²) in [6.45, 7) is 0.224. The first-order valence-electron chi connectivity index (χ1n) is 9.36. The molecule has 0 aliphatic rings. The molecule has 13 heteroatoms. The molecule has 4 rings (SSSR count). The van der Waals surface area contributed by atoms with Crippen molar-refractivity contribution < 1.29 is 9.13 Å². The third-order valence-electron chi connectivity index (χ3n) is 4.10. The Balaban J connectivity index is 0.000000302. The molecular formula is C21H16ClFI3N7O. The summed E-state index contributed by atoms with van der Waals surface area (Å²) in [5.41, 5.74) is 14.0. The zero-order chi connectivity index (χ0) is 24.7. The summed E-state index contributed by atoms with van der Waals surface area (Å²) in [5, 5.41) is 3.51. The minimum Gasteiger partial charge on any atom is -0.487 e. The molecule has 0 fully saturated rings. The molecule has 0 saturated heterocycles. The van der Waals surface area contributed by atoms with Crippen molar-refractivity contribution in [3.05, 3.63) is 82.6 Å². The van der Waals surface area contributed by atoms with E-state index in [2.05, 4.69) is 70.4 Å². The Kier molecular flexibility index (Phi) is 10.1. The van der Waals surface area contributed by atoms with Crippen molar-refractivity contribution in [2.75, 3.05) is 16.8 Å². The van der Waals surface area contributed by atoms with Crippen molar-refractivity contribution in [1.29, 1.82) is 0 Å². The third kappa shape index (κ3) is 7.61. The normalized spacial score (nSPS) is 10.3. The second-order valence-electron chi connectivity index (χ2n) is 6.48. The van der Waals surface area contributed by atoms with Gasteiger partial charge in [-0.3, -0.25) is 0 Å². The van der Waals surface area contributed by atoms with Gasteiger partial charge in [0.1, 0.15) is 47.6 Å². The van der Waals surface area contributed by atoms with E-state index in [-0.39, 0.29) is 12.4 Å². The number of ether oxygens (including phenoxy) is 1. The fraction of sp³-hybridized carbons (Fsp3) is 0.0476. The molecular weight excluding hydrogens is 801 g/mol. The summed E-state index contributed by atoms with van der Waals surface area (Å²) in [7, 11) is 0. The van der Waals surface area contributed by atoms with Crippen LogP contribution >= 0.6 is 79.4 Å². The molecule has 5 N–H and O–H groups in total. The van der Waals surface area contributed by atoms with Gasteiger partial charge in [0.15, 0.2) is 5.82 Å². The van der Waals surface area contributed by atoms with Crippen LogP contribution in [0.4, 0.5) is 27.3 Å². The quantitative estimate of drug-likeness (QED) is 0.165. The van der Waals surface area contributed by atoms with Gasteiger partial charge in [-0.2, -0.15) is 0 Å². The van der Waals surface area contributed by atoms with E-state index in [0.29, 0.717) is 37.4 Å². The van der Waals surface area contributed by atoms with Crippen molar-refractivity contribution in [3.63, 3.8) is 0 Å². The second kappa shape index (κ2) is 12.8. The average molecular weight is 818 g/mol. The lowest BCUT2D eigenvalue weighted by Crippen LogP contribution is -2.03. The molecule has 0 bridgehead atoms. The Labute approximate surface area is 240 Å². The molecule has 0 unspecified atom stereocenters. The van der Waals surface area contributed by atoms with Crippen molar-refractivity contribution in [2.24, 2.45) is 0 Å². The number of aromatic nitrogens is 4. The monoisotopic (exact) mass is 817 g/mol. The van der Waals surface area contributed by atoms with Crippen LogP contribution in [0.1, 0.15) is 5.56 Å². The van der Waals surface area contributed by atoms with Crippen LogP contribution in [0.5, 0.6) is 5.75 Å². The minimum absolute atomic E-state index is 0.224. The molecule has 0 aliphatic heterocycles. The van der Waals surface area contributed by atoms with Crippen LogP contribution in [0, 0.1) is 16.9 Å². The van der Waals surface area contributed by atoms with Gasteiger partial charge in [-0.1, -0.05) is 23.7 Å². The van der Waals surface area contributed by atoms with Gasteiger partial charge in [0.05, 0.1) is 10.7 Å². The summed E-state index contributed by atoms with van der Waals surface area (Å²) in [5.74, 6) is 0.703. The van der Waals surface area contributed by atoms with E-state index in [1.807, 2.05) is 22.6 Å². The molecule has 0 aliphatic carbocycles. The number of hydrogen-bond acceptors (Lipinski definition) is 8. The molecule has 2 aromatic carbocycles. The standard InChI is InChI=1S/C17H13ClFIN4O.C4H3I2N3/c18-13-7-12(24-17-15(21)16(20)22-9-23-17)4-5-14(13)25-8-10-2-1-3-11(19)6-10;5-3-2(7)4(6)9-1-8-3/h1-7,9H,8,21H2,(H,22,23,24);1H,7H2. The largest absolute Gasteiger partial charge is 0.487 e. The maximum absolute atomic E-state index is 13.2. The highest BCUT2D eigenvalue weighted by molar-refractivity contribution is 14.1. The predicted molar refractivity (Wildman–Crippen MR) is 157 cm³/mol. The van der Waals surface area contributed by atoms with Crippen LogP contribution in [0.2, 0.25) is 5.02 Å². The summed E-state index contributed by atoms with van der Waals surface area (Å²) >= 11 is 12.4. The summed E-state index contributed by atoms with van der Waals surface area (Å²) < 4.78 is 21.1. The molecule has 2 heterocycles. The molecule has 176 valence electrons. The van der Waals surface area contributed by atoms with Crippen LogP contribution in [0.25, 0.3) is 0 Å². The van der Waals surface area contributed by atoms with E-state index in [9.17, 15) is 4.39 Å². The Hall–Kier alpha value is -1.79. The van der Waals surface area contributed by atoms with E-state index >= 15 is 0 Å². The number of nitrogens with two attached hydrogens (primary N) is 2. The van der Waals surface area contributed by atoms with Crippen molar-refractivity contribution in [2.45, 2.75) is 6.61 Å². The van der Waals surface area contributed by atoms with Gasteiger partial charge in [-0.05, 0) is 104 Å². The van der Waals surface area contributed by atoms with Crippen LogP contribution in [0.3, 0.4) is 0 Å². The lowest BCUT2D eigenvalue weighted by atomic mass is 10.2. The predicted octanol–water partition coefficient (Wildman–Crippen LogP) is 6.05. The van der Waals surface area contributed by atoms with Gasteiger partial charge < -0.3 is 21.5 Å². The highest BCUT2D eigenvalue weighted by Crippen LogP contribution is 2.31. The Bertz CT molecular complexity index is 1280. The number of hydrogen-bond donors (Lipinski definition) is 3. The van der Waals surface area contributed by atoms with Gasteiger partial charge in [0, 0.05) is 5.69 Å². The number of nitrogen functional groups attached to an aromatic ring is 2. The molecule has 0 saturated carbocycles. The fourth-order valence-electron chi connectivity index (χ4n) is 2.45. The van der Waals surface area contributed by atoms with Gasteiger partial charge >= 0.3 is 0 Å². The first-order chi connectivity index (χ1) is 16.2. The third-order valence-corrected chi connectivity index (χ3v) is 6.97. The van der Waals surface area contributed by atoms with Gasteiger partial charge in [0.25, 0.3) is 0 Å². The molecule has 2 aromatic heterocycles. The maximum Gasteiger partial charge on any atom is 0.158 e. The number of anilines is 4. The van der Waals surface area contributed by atoms with Crippen LogP contribution in [-0.4, -0.2) is 19.9 Å². The number of benzene rings is 2. The fourth-order valence-corrected chi connectivity index (χ4v) is 4.34. The van der Waals surface area contributed by atoms with E-state index in [4.69, 9.17) is 27.8 Å². The highest BCUT2D eigenvalue weighted by Gasteiger charge is 2.08. The van der Waals surface area contributed by atoms with Gasteiger partial charge in [-0.25, -0.2) is 24.3 Å². The summed E-state index contributed by atoms with van der Waals surface area (Å²) in [4.78, 5) is 15.9. The van der Waals surface area contributed by atoms with Crippen molar-refractivity contribution in [1.82, 2.24) is 19.9 Å². The minimum atomic E-state index is -0.302. The average Bonchev–Trinajstić information content (AvgIpc) is 2.80. The number of nitrogens with zero attached hydrogens (tertiary/aromatic N) is 4. The van der Waals surface area contributed by atoms with Crippen LogP contribution in [0.15, 0.2) is 55.1 Å². The highest BCUT2D eigenvalue weighted by atomic mass is 127. The second-order valence-corrected chi connectivity index (χ2v) is 9.96. The Morgan fingerprint density at radius 1 is 0.882 bits per heavy atom. The molecule has 0 radical (unpaired) electrons. The van der Waals surface area contributed by atoms with E-state index in [1.54, 1.807) is 30.3 Å². The molecule has 0 atom stereocenters. The maximum atomic E-state index is 13.2. The molecule has 4 aromatic rings. The molecule has 0 amide bonds. The number of nitrogens with one attached hydrogen (secondary N) is 1. The van der Waals surface area contributed by atoms with E-state index in [0.717, 1.165) is 13.0 Å². The number of rotatable bonds is 5. The first-order valence-corrected chi connectivity index (χ1v) is 13.0. The summed E-state index contributed by atoms with van der Waals surface area (Å²) in [6, 6.07) is 11.5. The SMILES string of the molecule is Nc1c(I)ncnc1I.Nc1c(I)ncnc1Nc1ccc(OCc2cccc(F)c2)c(Cl)c1. The Morgan fingerprint density at radius 2 is 1.53 bits per heavy atom. The lowest BCUT2D eigenvalue weighted by Gasteiger charge is -2.12. The smallest absolute Gasteiger partial charge is 0.158 e. The van der Waals surface area contributed by atoms with Gasteiger partial charge in [-0.15, -0.1) is 0 Å². The first kappa shape index (κ1) is 26.8. The van der Waals surface area contributed by atoms with Crippen LogP contribution in [-0.2, 0) is 6.61 Å². The van der Waals surface area contributed by atoms with Gasteiger partial charge in [0.2, 0.25) is 0 Å². The topological polar surface area (TPSA) is 125 Å². The van der Waals surface area contributed by atoms with Crippen LogP contribution < -0.4 is 21.5 Å².